The predicted octanol–water partition coefficient (Wildman–Crippen LogP) is 3.20. The Labute approximate surface area is 166 Å². The van der Waals surface area contributed by atoms with Gasteiger partial charge in [-0.15, -0.1) is 0 Å². The minimum Gasteiger partial charge on any atom is -0.336 e. The van der Waals surface area contributed by atoms with Gasteiger partial charge >= 0.3 is 0 Å². The molecule has 2 aliphatic heterocycles. The van der Waals surface area contributed by atoms with Gasteiger partial charge in [-0.05, 0) is 49.8 Å². The van der Waals surface area contributed by atoms with E-state index in [9.17, 15) is 9.59 Å². The van der Waals surface area contributed by atoms with Crippen molar-refractivity contribution in [3.8, 4) is 0 Å². The average molecular weight is 377 g/mol. The second-order valence-electron chi connectivity index (χ2n) is 7.82. The Kier molecular flexibility index (Phi) is 5.42. The van der Waals surface area contributed by atoms with E-state index in [-0.39, 0.29) is 11.8 Å². The molecule has 2 fully saturated rings. The molecule has 1 aromatic carbocycles. The highest BCUT2D eigenvalue weighted by Gasteiger charge is 2.52. The normalized spacial score (nSPS) is 22.1. The molecule has 1 atom stereocenters. The van der Waals surface area contributed by atoms with Crippen molar-refractivity contribution in [2.24, 2.45) is 0 Å². The molecule has 2 amide bonds. The standard InChI is InChI=1S/C23H27N3O2/c27-21(12-11-20-10-4-5-15-24-20)26-17-7-14-23(26)13-6-16-25(22(23)28)18-19-8-2-1-3-9-19/h1-5,8-10,15H,6-7,11-14,16-18H2. The molecule has 3 heterocycles. The minimum absolute atomic E-state index is 0.0815. The van der Waals surface area contributed by atoms with Crippen LogP contribution in [0, 0.1) is 0 Å². The summed E-state index contributed by atoms with van der Waals surface area (Å²) in [5.74, 6) is 0.212. The molecular formula is C23H27N3O2. The lowest BCUT2D eigenvalue weighted by Crippen LogP contribution is -2.61. The summed E-state index contributed by atoms with van der Waals surface area (Å²) in [6.45, 7) is 2.08. The van der Waals surface area contributed by atoms with Crippen LogP contribution in [0.1, 0.15) is 43.4 Å². The summed E-state index contributed by atoms with van der Waals surface area (Å²) in [4.78, 5) is 34.6. The first-order valence-electron chi connectivity index (χ1n) is 10.2. The molecule has 0 bridgehead atoms. The molecule has 0 N–H and O–H groups in total. The fourth-order valence-electron chi connectivity index (χ4n) is 4.66. The Morgan fingerprint density at radius 3 is 2.50 bits per heavy atom. The van der Waals surface area contributed by atoms with Gasteiger partial charge in [-0.2, -0.15) is 0 Å². The van der Waals surface area contributed by atoms with Gasteiger partial charge < -0.3 is 9.80 Å². The smallest absolute Gasteiger partial charge is 0.248 e. The second kappa shape index (κ2) is 8.13. The zero-order valence-electron chi connectivity index (χ0n) is 16.2. The van der Waals surface area contributed by atoms with Crippen LogP contribution >= 0.6 is 0 Å². The average Bonchev–Trinajstić information content (AvgIpc) is 3.16. The van der Waals surface area contributed by atoms with Gasteiger partial charge in [0.15, 0.2) is 0 Å². The lowest BCUT2D eigenvalue weighted by atomic mass is 9.85. The molecule has 1 aromatic heterocycles. The van der Waals surface area contributed by atoms with E-state index in [4.69, 9.17) is 0 Å². The zero-order valence-corrected chi connectivity index (χ0v) is 16.2. The number of carbonyl (C=O) groups excluding carboxylic acids is 2. The Hall–Kier alpha value is -2.69. The van der Waals surface area contributed by atoms with Crippen LogP contribution in [-0.4, -0.2) is 45.2 Å². The topological polar surface area (TPSA) is 53.5 Å². The predicted molar refractivity (Wildman–Crippen MR) is 107 cm³/mol. The summed E-state index contributed by atoms with van der Waals surface area (Å²) in [5, 5.41) is 0. The quantitative estimate of drug-likeness (QED) is 0.804. The summed E-state index contributed by atoms with van der Waals surface area (Å²) < 4.78 is 0. The van der Waals surface area contributed by atoms with Crippen molar-refractivity contribution in [2.45, 2.75) is 50.6 Å². The first kappa shape index (κ1) is 18.7. The van der Waals surface area contributed by atoms with Crippen molar-refractivity contribution in [3.63, 3.8) is 0 Å². The summed E-state index contributed by atoms with van der Waals surface area (Å²) >= 11 is 0. The molecule has 0 saturated carbocycles. The Balaban J connectivity index is 1.47. The van der Waals surface area contributed by atoms with Gasteiger partial charge in [-0.1, -0.05) is 36.4 Å². The van der Waals surface area contributed by atoms with Crippen molar-refractivity contribution in [2.75, 3.05) is 13.1 Å². The fourth-order valence-corrected chi connectivity index (χ4v) is 4.66. The van der Waals surface area contributed by atoms with Gasteiger partial charge in [0.2, 0.25) is 11.8 Å². The third kappa shape index (κ3) is 3.66. The molecule has 146 valence electrons. The van der Waals surface area contributed by atoms with Gasteiger partial charge in [-0.3, -0.25) is 14.6 Å². The largest absolute Gasteiger partial charge is 0.336 e. The van der Waals surface area contributed by atoms with Crippen molar-refractivity contribution in [3.05, 3.63) is 66.0 Å². The number of aryl methyl sites for hydroxylation is 1. The van der Waals surface area contributed by atoms with Crippen LogP contribution < -0.4 is 0 Å². The number of piperidine rings is 1. The Morgan fingerprint density at radius 2 is 1.75 bits per heavy atom. The van der Waals surface area contributed by atoms with Crippen molar-refractivity contribution in [1.82, 2.24) is 14.8 Å². The summed E-state index contributed by atoms with van der Waals surface area (Å²) in [6, 6.07) is 15.9. The molecule has 0 aliphatic carbocycles. The number of nitrogens with zero attached hydrogens (tertiary/aromatic N) is 3. The molecule has 28 heavy (non-hydrogen) atoms. The van der Waals surface area contributed by atoms with E-state index in [1.807, 2.05) is 46.2 Å². The van der Waals surface area contributed by atoms with Crippen molar-refractivity contribution < 1.29 is 9.59 Å². The van der Waals surface area contributed by atoms with Gasteiger partial charge in [0.25, 0.3) is 0 Å². The van der Waals surface area contributed by atoms with Gasteiger partial charge in [-0.25, -0.2) is 0 Å². The number of benzene rings is 1. The van der Waals surface area contributed by atoms with E-state index in [0.717, 1.165) is 43.5 Å². The summed E-state index contributed by atoms with van der Waals surface area (Å²) in [6.07, 6.45) is 6.20. The third-order valence-corrected chi connectivity index (χ3v) is 6.03. The monoisotopic (exact) mass is 377 g/mol. The first-order valence-corrected chi connectivity index (χ1v) is 10.2. The number of amides is 2. The molecule has 1 unspecified atom stereocenters. The SMILES string of the molecule is O=C(CCc1ccccn1)N1CCCC12CCCN(Cc1ccccc1)C2=O. The van der Waals surface area contributed by atoms with Crippen LogP contribution in [0.2, 0.25) is 0 Å². The van der Waals surface area contributed by atoms with Gasteiger partial charge in [0, 0.05) is 37.9 Å². The molecule has 2 saturated heterocycles. The minimum atomic E-state index is -0.631. The number of pyridine rings is 1. The Bertz CT molecular complexity index is 824. The maximum Gasteiger partial charge on any atom is 0.248 e. The summed E-state index contributed by atoms with van der Waals surface area (Å²) in [5.41, 5.74) is 1.43. The van der Waals surface area contributed by atoms with Crippen LogP contribution in [0.5, 0.6) is 0 Å². The number of hydrogen-bond donors (Lipinski definition) is 0. The number of rotatable bonds is 5. The van der Waals surface area contributed by atoms with Crippen LogP contribution in [0.4, 0.5) is 0 Å². The maximum atomic E-state index is 13.5. The van der Waals surface area contributed by atoms with Gasteiger partial charge in [0.05, 0.1) is 0 Å². The number of hydrogen-bond acceptors (Lipinski definition) is 3. The second-order valence-corrected chi connectivity index (χ2v) is 7.82. The number of likely N-dealkylation sites (tertiary alicyclic amines) is 2. The van der Waals surface area contributed by atoms with E-state index in [1.54, 1.807) is 6.20 Å². The number of carbonyl (C=O) groups is 2. The molecule has 0 radical (unpaired) electrons. The molecular weight excluding hydrogens is 350 g/mol. The lowest BCUT2D eigenvalue weighted by molar-refractivity contribution is -0.155. The molecule has 2 aromatic rings. The van der Waals surface area contributed by atoms with Crippen molar-refractivity contribution in [1.29, 1.82) is 0 Å². The molecule has 1 spiro atoms. The maximum absolute atomic E-state index is 13.5. The van der Waals surface area contributed by atoms with Crippen molar-refractivity contribution >= 4 is 11.8 Å². The molecule has 4 rings (SSSR count). The van der Waals surface area contributed by atoms with Crippen LogP contribution in [0.15, 0.2) is 54.7 Å². The zero-order chi connectivity index (χ0) is 19.4. The van der Waals surface area contributed by atoms with Crippen LogP contribution in [0.3, 0.4) is 0 Å². The summed E-state index contributed by atoms with van der Waals surface area (Å²) in [7, 11) is 0. The highest BCUT2D eigenvalue weighted by molar-refractivity contribution is 5.92. The molecule has 5 heteroatoms. The Morgan fingerprint density at radius 1 is 1.00 bits per heavy atom. The van der Waals surface area contributed by atoms with E-state index >= 15 is 0 Å². The fraction of sp³-hybridized carbons (Fsp3) is 0.435. The first-order chi connectivity index (χ1) is 13.7. The van der Waals surface area contributed by atoms with Crippen LogP contribution in [0.25, 0.3) is 0 Å². The van der Waals surface area contributed by atoms with E-state index in [2.05, 4.69) is 17.1 Å². The van der Waals surface area contributed by atoms with Gasteiger partial charge in [0.1, 0.15) is 5.54 Å². The lowest BCUT2D eigenvalue weighted by Gasteiger charge is -2.44. The number of aromatic nitrogens is 1. The van der Waals surface area contributed by atoms with Crippen LogP contribution in [-0.2, 0) is 22.6 Å². The highest BCUT2D eigenvalue weighted by atomic mass is 16.2. The third-order valence-electron chi connectivity index (χ3n) is 6.03. The van der Waals surface area contributed by atoms with E-state index < -0.39 is 5.54 Å². The van der Waals surface area contributed by atoms with E-state index in [0.29, 0.717) is 25.9 Å². The highest BCUT2D eigenvalue weighted by Crippen LogP contribution is 2.39. The molecule has 2 aliphatic rings. The van der Waals surface area contributed by atoms with E-state index in [1.165, 1.54) is 0 Å². The molecule has 5 nitrogen and oxygen atoms in total.